The highest BCUT2D eigenvalue weighted by Gasteiger charge is 2.34. The summed E-state index contributed by atoms with van der Waals surface area (Å²) in [5.74, 6) is -0.796. The van der Waals surface area contributed by atoms with Crippen LogP contribution < -0.4 is 11.1 Å². The van der Waals surface area contributed by atoms with Crippen molar-refractivity contribution in [1.82, 2.24) is 20.1 Å². The lowest BCUT2D eigenvalue weighted by Gasteiger charge is -2.14. The van der Waals surface area contributed by atoms with Crippen LogP contribution in [0.4, 0.5) is 18.0 Å². The van der Waals surface area contributed by atoms with E-state index in [9.17, 15) is 22.8 Å². The number of amides is 3. The third-order valence-corrected chi connectivity index (χ3v) is 5.32. The fourth-order valence-corrected chi connectivity index (χ4v) is 3.75. The maximum atomic E-state index is 13.4. The Balaban J connectivity index is 2.10. The van der Waals surface area contributed by atoms with Crippen LogP contribution in [-0.2, 0) is 11.0 Å². The summed E-state index contributed by atoms with van der Waals surface area (Å²) in [4.78, 5) is 22.6. The normalized spacial score (nSPS) is 11.4. The molecule has 0 bridgehead atoms. The molecule has 0 fully saturated rings. The van der Waals surface area contributed by atoms with E-state index < -0.39 is 28.7 Å². The highest BCUT2D eigenvalue weighted by Crippen LogP contribution is 2.37. The summed E-state index contributed by atoms with van der Waals surface area (Å²) in [7, 11) is 0. The predicted octanol–water partition coefficient (Wildman–Crippen LogP) is 4.55. The average Bonchev–Trinajstić information content (AvgIpc) is 3.09. The Kier molecular flexibility index (Phi) is 6.77. The number of hydrogen-bond donors (Lipinski definition) is 2. The maximum Gasteiger partial charge on any atom is 0.417 e. The average molecular weight is 490 g/mol. The van der Waals surface area contributed by atoms with E-state index >= 15 is 0 Å². The molecule has 1 heterocycles. The molecule has 0 aliphatic carbocycles. The zero-order valence-electron chi connectivity index (χ0n) is 15.3. The molecule has 13 heteroatoms. The van der Waals surface area contributed by atoms with Gasteiger partial charge in [-0.05, 0) is 30.3 Å². The molecule has 3 N–H and O–H groups in total. The second kappa shape index (κ2) is 9.16. The Bertz CT molecular complexity index is 1150. The zero-order chi connectivity index (χ0) is 22.8. The molecule has 3 amide bonds. The molecule has 0 aliphatic heterocycles. The van der Waals surface area contributed by atoms with Gasteiger partial charge in [0.25, 0.3) is 0 Å². The predicted molar refractivity (Wildman–Crippen MR) is 110 cm³/mol. The number of hydrogen-bond acceptors (Lipinski definition) is 5. The Morgan fingerprint density at radius 3 is 2.52 bits per heavy atom. The number of thioether (sulfide) groups is 1. The number of urea groups is 1. The molecule has 3 rings (SSSR count). The molecule has 2 aromatic carbocycles. The van der Waals surface area contributed by atoms with Crippen molar-refractivity contribution < 1.29 is 22.8 Å². The van der Waals surface area contributed by atoms with Crippen molar-refractivity contribution in [2.24, 2.45) is 5.73 Å². The molecule has 3 aromatic rings. The summed E-state index contributed by atoms with van der Waals surface area (Å²) < 4.78 is 41.5. The molecule has 0 saturated heterocycles. The van der Waals surface area contributed by atoms with Gasteiger partial charge in [0, 0.05) is 10.6 Å². The molecule has 0 unspecified atom stereocenters. The van der Waals surface area contributed by atoms with Gasteiger partial charge in [-0.2, -0.15) is 13.2 Å². The van der Waals surface area contributed by atoms with Gasteiger partial charge < -0.3 is 5.73 Å². The lowest BCUT2D eigenvalue weighted by Crippen LogP contribution is -2.36. The first kappa shape index (κ1) is 22.9. The van der Waals surface area contributed by atoms with Gasteiger partial charge in [-0.1, -0.05) is 47.1 Å². The number of primary amides is 1. The highest BCUT2D eigenvalue weighted by atomic mass is 35.5. The van der Waals surface area contributed by atoms with Gasteiger partial charge in [-0.25, -0.2) is 4.79 Å². The number of imide groups is 1. The monoisotopic (exact) mass is 489 g/mol. The number of carbonyl (C=O) groups excluding carboxylic acids is 2. The van der Waals surface area contributed by atoms with Gasteiger partial charge in [0.15, 0.2) is 11.0 Å². The van der Waals surface area contributed by atoms with Crippen LogP contribution in [0.2, 0.25) is 10.0 Å². The smallest absolute Gasteiger partial charge is 0.351 e. The first-order valence-electron chi connectivity index (χ1n) is 8.37. The molecule has 0 aliphatic rings. The molecule has 0 atom stereocenters. The molecule has 31 heavy (non-hydrogen) atoms. The van der Waals surface area contributed by atoms with Crippen molar-refractivity contribution >= 4 is 46.9 Å². The first-order valence-corrected chi connectivity index (χ1v) is 10.1. The number of rotatable bonds is 5. The van der Waals surface area contributed by atoms with Gasteiger partial charge in [-0.15, -0.1) is 10.2 Å². The highest BCUT2D eigenvalue weighted by molar-refractivity contribution is 7.99. The number of nitrogens with one attached hydrogen (secondary N) is 1. The van der Waals surface area contributed by atoms with Gasteiger partial charge in [0.1, 0.15) is 0 Å². The van der Waals surface area contributed by atoms with Crippen molar-refractivity contribution in [3.63, 3.8) is 0 Å². The number of halogens is 5. The van der Waals surface area contributed by atoms with E-state index in [0.717, 1.165) is 23.9 Å². The molecular weight excluding hydrogens is 478 g/mol. The molecular formula is C18H12Cl2F3N5O2S. The van der Waals surface area contributed by atoms with Crippen LogP contribution in [-0.4, -0.2) is 32.5 Å². The fraction of sp³-hybridized carbons (Fsp3) is 0.111. The van der Waals surface area contributed by atoms with Gasteiger partial charge in [0.2, 0.25) is 5.91 Å². The van der Waals surface area contributed by atoms with Crippen LogP contribution in [0.25, 0.3) is 17.1 Å². The number of aromatic nitrogens is 3. The number of benzene rings is 2. The molecule has 0 saturated carbocycles. The standard InChI is InChI=1S/C18H12Cl2F3N5O2S/c19-10-3-1-2-9(6-10)15-26-27-17(31-8-14(29)25-16(24)30)28(15)11-4-5-13(20)12(7-11)18(21,22)23/h1-7H,8H2,(H3,24,25,29,30). The quantitative estimate of drug-likeness (QED) is 0.511. The van der Waals surface area contributed by atoms with Crippen molar-refractivity contribution in [2.45, 2.75) is 11.3 Å². The summed E-state index contributed by atoms with van der Waals surface area (Å²) in [5.41, 5.74) is 4.41. The van der Waals surface area contributed by atoms with E-state index in [2.05, 4.69) is 10.2 Å². The van der Waals surface area contributed by atoms with Crippen LogP contribution >= 0.6 is 35.0 Å². The van der Waals surface area contributed by atoms with Crippen LogP contribution in [0.15, 0.2) is 47.6 Å². The third-order valence-electron chi connectivity index (χ3n) is 3.82. The minimum Gasteiger partial charge on any atom is -0.351 e. The van der Waals surface area contributed by atoms with Crippen LogP contribution in [0.3, 0.4) is 0 Å². The second-order valence-corrected chi connectivity index (χ2v) is 7.80. The number of alkyl halides is 3. The summed E-state index contributed by atoms with van der Waals surface area (Å²) in [6.45, 7) is 0. The Morgan fingerprint density at radius 1 is 1.13 bits per heavy atom. The van der Waals surface area contributed by atoms with E-state index in [1.54, 1.807) is 24.3 Å². The maximum absolute atomic E-state index is 13.4. The van der Waals surface area contributed by atoms with E-state index in [4.69, 9.17) is 28.9 Å². The number of carbonyl (C=O) groups is 2. The topological polar surface area (TPSA) is 103 Å². The summed E-state index contributed by atoms with van der Waals surface area (Å²) in [5, 5.41) is 9.95. The Hall–Kier alpha value is -2.76. The van der Waals surface area contributed by atoms with Crippen molar-refractivity contribution in [3.05, 3.63) is 58.1 Å². The van der Waals surface area contributed by atoms with Gasteiger partial charge in [0.05, 0.1) is 22.0 Å². The minimum absolute atomic E-state index is 0.0644. The Morgan fingerprint density at radius 2 is 1.87 bits per heavy atom. The summed E-state index contributed by atoms with van der Waals surface area (Å²) >= 11 is 12.6. The molecule has 7 nitrogen and oxygen atoms in total. The van der Waals surface area contributed by atoms with E-state index in [1.165, 1.54) is 10.6 Å². The molecule has 0 spiro atoms. The number of nitrogens with zero attached hydrogens (tertiary/aromatic N) is 3. The lowest BCUT2D eigenvalue weighted by atomic mass is 10.1. The first-order chi connectivity index (χ1) is 14.6. The van der Waals surface area contributed by atoms with Gasteiger partial charge >= 0.3 is 12.2 Å². The second-order valence-electron chi connectivity index (χ2n) is 6.01. The molecule has 162 valence electrons. The molecule has 1 aromatic heterocycles. The van der Waals surface area contributed by atoms with E-state index in [0.29, 0.717) is 10.6 Å². The number of nitrogens with two attached hydrogens (primary N) is 1. The van der Waals surface area contributed by atoms with Crippen LogP contribution in [0.5, 0.6) is 0 Å². The molecule has 0 radical (unpaired) electrons. The van der Waals surface area contributed by atoms with Crippen molar-refractivity contribution in [1.29, 1.82) is 0 Å². The SMILES string of the molecule is NC(=O)NC(=O)CSc1nnc(-c2cccc(Cl)c2)n1-c1ccc(Cl)c(C(F)(F)F)c1. The summed E-state index contributed by atoms with van der Waals surface area (Å²) in [6, 6.07) is 8.79. The van der Waals surface area contributed by atoms with Crippen LogP contribution in [0, 0.1) is 0 Å². The largest absolute Gasteiger partial charge is 0.417 e. The lowest BCUT2D eigenvalue weighted by molar-refractivity contribution is -0.137. The van der Waals surface area contributed by atoms with Gasteiger partial charge in [-0.3, -0.25) is 14.7 Å². The Labute approximate surface area is 187 Å². The fourth-order valence-electron chi connectivity index (χ4n) is 2.58. The van der Waals surface area contributed by atoms with Crippen molar-refractivity contribution in [2.75, 3.05) is 5.75 Å². The van der Waals surface area contributed by atoms with E-state index in [1.807, 2.05) is 5.32 Å². The summed E-state index contributed by atoms with van der Waals surface area (Å²) in [6.07, 6.45) is -4.69. The third kappa shape index (κ3) is 5.49. The van der Waals surface area contributed by atoms with Crippen molar-refractivity contribution in [3.8, 4) is 17.1 Å². The van der Waals surface area contributed by atoms with E-state index in [-0.39, 0.29) is 22.4 Å². The minimum atomic E-state index is -4.69. The zero-order valence-corrected chi connectivity index (χ0v) is 17.6. The van der Waals surface area contributed by atoms with Crippen LogP contribution in [0.1, 0.15) is 5.56 Å².